The van der Waals surface area contributed by atoms with E-state index >= 15 is 0 Å². The molecule has 504 valence electrons. The molecule has 5 aliphatic rings. The number of benzene rings is 8. The zero-order chi connectivity index (χ0) is 70.0. The molecule has 0 aliphatic carbocycles. The lowest BCUT2D eigenvalue weighted by Crippen LogP contribution is -2.09. The van der Waals surface area contributed by atoms with E-state index in [1.807, 2.05) is 0 Å². The maximum Gasteiger partial charge on any atom is 0.0737 e. The predicted octanol–water partition coefficient (Wildman–Crippen LogP) is 23.4. The van der Waals surface area contributed by atoms with E-state index in [1.54, 1.807) is 0 Å². The molecule has 104 heavy (non-hydrogen) atoms. The summed E-state index contributed by atoms with van der Waals surface area (Å²) in [5.41, 5.74) is 36.0. The Hall–Kier alpha value is -12.9. The van der Waals surface area contributed by atoms with Gasteiger partial charge in [-0.1, -0.05) is 206 Å². The number of nitrogens with one attached hydrogen (secondary N) is 6. The van der Waals surface area contributed by atoms with Gasteiger partial charge in [0.2, 0.25) is 0 Å². The van der Waals surface area contributed by atoms with Gasteiger partial charge in [-0.15, -0.1) is 0 Å². The van der Waals surface area contributed by atoms with Crippen LogP contribution in [0.3, 0.4) is 0 Å². The van der Waals surface area contributed by atoms with Gasteiger partial charge in [-0.05, 0) is 195 Å². The Morgan fingerprint density at radius 2 is 0.462 bits per heavy atom. The van der Waals surface area contributed by atoms with Gasteiger partial charge in [0.15, 0.2) is 0 Å². The van der Waals surface area contributed by atoms with Crippen molar-refractivity contribution < 1.29 is 0 Å². The number of hydrogen-bond acceptors (Lipinski definition) is 6. The van der Waals surface area contributed by atoms with Gasteiger partial charge in [0.05, 0.1) is 45.6 Å². The summed E-state index contributed by atoms with van der Waals surface area (Å²) in [4.78, 5) is 37.2. The van der Waals surface area contributed by atoms with E-state index in [0.29, 0.717) is 12.1 Å². The molecule has 0 fully saturated rings. The van der Waals surface area contributed by atoms with Crippen molar-refractivity contribution >= 4 is 80.9 Å². The van der Waals surface area contributed by atoms with Gasteiger partial charge in [-0.2, -0.15) is 0 Å². The van der Waals surface area contributed by atoms with Crippen LogP contribution < -0.4 is 10.6 Å². The van der Waals surface area contributed by atoms with Gasteiger partial charge in [-0.3, -0.25) is 4.98 Å². The number of anilines is 2. The molecule has 18 rings (SSSR count). The van der Waals surface area contributed by atoms with Gasteiger partial charge < -0.3 is 30.6 Å². The minimum absolute atomic E-state index is 0.344. The Labute approximate surface area is 606 Å². The SMILES string of the molecule is CC(C)Nc1ccc(-c2c3nc(c(-c4ccccc4)c4ccc([nH]4)c(-c4ccccc4)c4nc(c(-c5ccccc5)c5[nH]c2CC5)C=C4)C=C3)cc1.CC(C)Nc1ccc(-c2c3nc(c(-c4ccccc4)c4ccc([nH]4)c(-c4ccccc4)c4nc(c(-c5ccccc5)c5ccc2[nH]5)CC4)C=C3)cc1. The number of aromatic amines is 4. The highest BCUT2D eigenvalue weighted by Crippen LogP contribution is 2.42. The maximum atomic E-state index is 5.49. The third-order valence-corrected chi connectivity index (χ3v) is 19.7. The van der Waals surface area contributed by atoms with Gasteiger partial charge in [0, 0.05) is 112 Å². The Morgan fingerprint density at radius 3 is 0.740 bits per heavy atom. The van der Waals surface area contributed by atoms with Crippen molar-refractivity contribution in [3.8, 4) is 89.0 Å². The van der Waals surface area contributed by atoms with Crippen LogP contribution in [0.15, 0.2) is 267 Å². The third kappa shape index (κ3) is 12.9. The van der Waals surface area contributed by atoms with Crippen molar-refractivity contribution in [3.05, 3.63) is 324 Å². The number of hydrogen-bond donors (Lipinski definition) is 6. The lowest BCUT2D eigenvalue weighted by Gasteiger charge is -2.12. The van der Waals surface area contributed by atoms with E-state index in [2.05, 4.69) is 362 Å². The molecule has 0 saturated carbocycles. The Kier molecular flexibility index (Phi) is 17.5. The second kappa shape index (κ2) is 28.2. The molecule has 0 amide bonds. The molecule has 0 atom stereocenters. The van der Waals surface area contributed by atoms with Crippen molar-refractivity contribution in [3.63, 3.8) is 0 Å². The quantitative estimate of drug-likeness (QED) is 0.0720. The summed E-state index contributed by atoms with van der Waals surface area (Å²) in [6.07, 6.45) is 16.4. The largest absolute Gasteiger partial charge is 0.383 e. The molecule has 13 aromatic rings. The smallest absolute Gasteiger partial charge is 0.0737 e. The minimum Gasteiger partial charge on any atom is -0.383 e. The van der Waals surface area contributed by atoms with Gasteiger partial charge >= 0.3 is 0 Å². The topological polar surface area (TPSA) is 139 Å². The van der Waals surface area contributed by atoms with E-state index in [0.717, 1.165) is 210 Å². The number of H-pyrrole nitrogens is 4. The number of aryl methyl sites for hydroxylation is 4. The molecular weight excluding hydrogens is 1270 g/mol. The van der Waals surface area contributed by atoms with Crippen LogP contribution in [0.4, 0.5) is 11.4 Å². The number of rotatable bonds is 12. The normalized spacial score (nSPS) is 12.5. The fraction of sp³-hybridized carbons (Fsp3) is 0.106. The molecule has 16 bridgehead atoms. The fourth-order valence-corrected chi connectivity index (χ4v) is 15.2. The van der Waals surface area contributed by atoms with Crippen LogP contribution in [-0.4, -0.2) is 52.0 Å². The van der Waals surface area contributed by atoms with E-state index in [-0.39, 0.29) is 0 Å². The van der Waals surface area contributed by atoms with E-state index in [4.69, 9.17) is 19.9 Å². The first-order chi connectivity index (χ1) is 51.2. The van der Waals surface area contributed by atoms with E-state index in [9.17, 15) is 0 Å². The number of aromatic nitrogens is 8. The molecule has 10 nitrogen and oxygen atoms in total. The summed E-state index contributed by atoms with van der Waals surface area (Å²) in [5.74, 6) is 0. The summed E-state index contributed by atoms with van der Waals surface area (Å²) in [5, 5.41) is 7.07. The zero-order valence-electron chi connectivity index (χ0n) is 58.6. The molecular formula is C94H78N10. The molecule has 5 aromatic heterocycles. The lowest BCUT2D eigenvalue weighted by molar-refractivity contribution is 0.899. The average Bonchev–Trinajstić information content (AvgIpc) is 1.61. The van der Waals surface area contributed by atoms with Crippen molar-refractivity contribution in [2.75, 3.05) is 10.6 Å². The number of fused-ring (bicyclic) bond motifs is 16. The van der Waals surface area contributed by atoms with Crippen LogP contribution in [0.5, 0.6) is 0 Å². The fourth-order valence-electron chi connectivity index (χ4n) is 15.2. The average molecular weight is 1350 g/mol. The molecule has 10 heteroatoms. The Morgan fingerprint density at radius 1 is 0.231 bits per heavy atom. The van der Waals surface area contributed by atoms with E-state index < -0.39 is 0 Å². The molecule has 0 radical (unpaired) electrons. The van der Waals surface area contributed by atoms with Crippen molar-refractivity contribution in [1.29, 1.82) is 0 Å². The molecule has 0 spiro atoms. The first-order valence-electron chi connectivity index (χ1n) is 36.2. The highest BCUT2D eigenvalue weighted by molar-refractivity contribution is 6.00. The summed E-state index contributed by atoms with van der Waals surface area (Å²) >= 11 is 0. The standard InChI is InChI=1S/2C47H39N5/c2*1-30(2)48-35-20-18-34(19-21-35)47-42-28-26-40(51-42)45(32-14-8-4-9-15-32)38-24-22-36(49-38)44(31-12-6-3-7-13-31)37-23-25-39(50-37)46(33-16-10-5-11-17-33)41-27-29-43(47)52-41/h3-22,24,26-30,48-49,52H,23,25H2,1-2H3;3-26,28,30,48-49,52H,27,29H2,1-2H3. The predicted molar refractivity (Wildman–Crippen MR) is 436 cm³/mol. The van der Waals surface area contributed by atoms with Crippen LogP contribution in [0.1, 0.15) is 84.6 Å². The van der Waals surface area contributed by atoms with Crippen molar-refractivity contribution in [2.45, 2.75) is 65.5 Å². The van der Waals surface area contributed by atoms with Crippen LogP contribution in [0.2, 0.25) is 0 Å². The van der Waals surface area contributed by atoms with Crippen LogP contribution in [-0.2, 0) is 25.7 Å². The Bertz CT molecular complexity index is 5860. The maximum absolute atomic E-state index is 5.49. The van der Waals surface area contributed by atoms with E-state index in [1.165, 1.54) is 5.69 Å². The molecule has 6 N–H and O–H groups in total. The first-order valence-corrected chi connectivity index (χ1v) is 36.2. The molecule has 0 unspecified atom stereocenters. The van der Waals surface area contributed by atoms with Gasteiger partial charge in [-0.25, -0.2) is 15.0 Å². The third-order valence-electron chi connectivity index (χ3n) is 19.7. The molecule has 0 saturated heterocycles. The summed E-state index contributed by atoms with van der Waals surface area (Å²) in [7, 11) is 0. The zero-order valence-corrected chi connectivity index (χ0v) is 58.6. The Balaban J connectivity index is 0.000000154. The number of nitrogens with zero attached hydrogens (tertiary/aromatic N) is 4. The second-order valence-corrected chi connectivity index (χ2v) is 27.5. The lowest BCUT2D eigenvalue weighted by atomic mass is 9.99. The highest BCUT2D eigenvalue weighted by atomic mass is 14.9. The first kappa shape index (κ1) is 64.5. The monoisotopic (exact) mass is 1350 g/mol. The summed E-state index contributed by atoms with van der Waals surface area (Å²) < 4.78 is 0. The molecule has 8 aromatic carbocycles. The van der Waals surface area contributed by atoms with Gasteiger partial charge in [0.1, 0.15) is 0 Å². The summed E-state index contributed by atoms with van der Waals surface area (Å²) in [6.45, 7) is 8.64. The van der Waals surface area contributed by atoms with Crippen molar-refractivity contribution in [2.24, 2.45) is 0 Å². The second-order valence-electron chi connectivity index (χ2n) is 27.5. The molecule has 5 aliphatic heterocycles. The van der Waals surface area contributed by atoms with Gasteiger partial charge in [0.25, 0.3) is 0 Å². The molecule has 10 heterocycles. The van der Waals surface area contributed by atoms with Crippen LogP contribution >= 0.6 is 0 Å². The van der Waals surface area contributed by atoms with Crippen LogP contribution in [0.25, 0.3) is 159 Å². The summed E-state index contributed by atoms with van der Waals surface area (Å²) in [6, 6.07) is 94.9. The van der Waals surface area contributed by atoms with Crippen LogP contribution in [0, 0.1) is 0 Å². The van der Waals surface area contributed by atoms with Crippen molar-refractivity contribution in [1.82, 2.24) is 39.9 Å². The highest BCUT2D eigenvalue weighted by Gasteiger charge is 2.25. The minimum atomic E-state index is 0.344.